The number of rotatable bonds is 2. The zero-order valence-corrected chi connectivity index (χ0v) is 10.2. The van der Waals surface area contributed by atoms with Crippen molar-refractivity contribution in [1.82, 2.24) is 4.98 Å². The Bertz CT molecular complexity index is 381. The molecule has 1 aliphatic rings. The molecule has 0 spiro atoms. The number of nitrogens with one attached hydrogen (secondary N) is 1. The van der Waals surface area contributed by atoms with Gasteiger partial charge in [0.1, 0.15) is 11.7 Å². The topological polar surface area (TPSA) is 66.0 Å². The van der Waals surface area contributed by atoms with Crippen molar-refractivity contribution in [3.05, 3.63) is 23.9 Å². The Balaban J connectivity index is 2.13. The van der Waals surface area contributed by atoms with Gasteiger partial charge in [-0.15, -0.1) is 0 Å². The van der Waals surface area contributed by atoms with Crippen molar-refractivity contribution >= 4 is 11.7 Å². The van der Waals surface area contributed by atoms with Gasteiger partial charge in [-0.2, -0.15) is 0 Å². The summed E-state index contributed by atoms with van der Waals surface area (Å²) in [6, 6.07) is 3.71. The van der Waals surface area contributed by atoms with Gasteiger partial charge < -0.3 is 10.6 Å². The van der Waals surface area contributed by atoms with Crippen molar-refractivity contribution in [3.8, 4) is 0 Å². The lowest BCUT2D eigenvalue weighted by Crippen LogP contribution is -2.28. The average Bonchev–Trinajstić information content (AvgIpc) is 2.28. The molecule has 0 aliphatic carbocycles. The van der Waals surface area contributed by atoms with E-state index in [9.17, 15) is 0 Å². The predicted octanol–water partition coefficient (Wildman–Crippen LogP) is 2.14. The largest absolute Gasteiger partial charge is 0.384 e. The number of hydrogen-bond acceptors (Lipinski definition) is 3. The molecular formula is C13H20N4. The van der Waals surface area contributed by atoms with E-state index in [0.717, 1.165) is 24.5 Å². The Morgan fingerprint density at radius 3 is 2.47 bits per heavy atom. The van der Waals surface area contributed by atoms with E-state index in [0.29, 0.717) is 0 Å². The van der Waals surface area contributed by atoms with E-state index in [-0.39, 0.29) is 5.84 Å². The number of anilines is 1. The van der Waals surface area contributed by atoms with Crippen LogP contribution in [-0.4, -0.2) is 23.9 Å². The third-order valence-corrected chi connectivity index (χ3v) is 3.24. The summed E-state index contributed by atoms with van der Waals surface area (Å²) in [5.41, 5.74) is 6.27. The Labute approximate surface area is 102 Å². The lowest BCUT2D eigenvalue weighted by molar-refractivity contribution is 0.554. The molecule has 1 fully saturated rings. The number of pyridine rings is 1. The SMILES string of the molecule is N=C(N)c1ccnc(N2CCCCCCC2)c1. The number of aromatic nitrogens is 1. The number of nitrogen functional groups attached to an aromatic ring is 1. The standard InChI is InChI=1S/C13H20N4/c14-13(15)11-6-7-16-12(10-11)17-8-4-2-1-3-5-9-17/h6-7,10H,1-5,8-9H2,(H3,14,15). The van der Waals surface area contributed by atoms with Crippen LogP contribution in [0.3, 0.4) is 0 Å². The molecule has 4 heteroatoms. The second-order valence-corrected chi connectivity index (χ2v) is 4.57. The molecule has 17 heavy (non-hydrogen) atoms. The number of amidine groups is 1. The molecule has 4 nitrogen and oxygen atoms in total. The van der Waals surface area contributed by atoms with Crippen LogP contribution in [0.5, 0.6) is 0 Å². The number of hydrogen-bond donors (Lipinski definition) is 2. The molecule has 2 heterocycles. The monoisotopic (exact) mass is 232 g/mol. The first-order valence-electron chi connectivity index (χ1n) is 6.33. The summed E-state index contributed by atoms with van der Waals surface area (Å²) in [4.78, 5) is 6.70. The highest BCUT2D eigenvalue weighted by molar-refractivity contribution is 5.95. The zero-order valence-electron chi connectivity index (χ0n) is 10.2. The van der Waals surface area contributed by atoms with E-state index in [2.05, 4.69) is 9.88 Å². The van der Waals surface area contributed by atoms with Gasteiger partial charge in [-0.1, -0.05) is 19.3 Å². The van der Waals surface area contributed by atoms with Gasteiger partial charge in [0.05, 0.1) is 0 Å². The van der Waals surface area contributed by atoms with Crippen LogP contribution in [0.1, 0.15) is 37.7 Å². The maximum atomic E-state index is 7.46. The molecule has 1 aromatic rings. The van der Waals surface area contributed by atoms with Gasteiger partial charge in [-0.25, -0.2) is 4.98 Å². The van der Waals surface area contributed by atoms with Gasteiger partial charge in [0.15, 0.2) is 0 Å². The smallest absolute Gasteiger partial charge is 0.129 e. The fraction of sp³-hybridized carbons (Fsp3) is 0.538. The first-order chi connectivity index (χ1) is 8.27. The third kappa shape index (κ3) is 3.19. The Morgan fingerprint density at radius 2 is 1.82 bits per heavy atom. The van der Waals surface area contributed by atoms with Crippen LogP contribution in [0.4, 0.5) is 5.82 Å². The van der Waals surface area contributed by atoms with E-state index in [4.69, 9.17) is 11.1 Å². The van der Waals surface area contributed by atoms with Gasteiger partial charge in [-0.05, 0) is 25.0 Å². The van der Waals surface area contributed by atoms with Crippen molar-refractivity contribution in [2.45, 2.75) is 32.1 Å². The van der Waals surface area contributed by atoms with Gasteiger partial charge in [0, 0.05) is 24.8 Å². The van der Waals surface area contributed by atoms with Crippen LogP contribution in [0, 0.1) is 5.41 Å². The molecule has 0 unspecified atom stereocenters. The van der Waals surface area contributed by atoms with Crippen LogP contribution in [0.15, 0.2) is 18.3 Å². The van der Waals surface area contributed by atoms with Crippen molar-refractivity contribution in [3.63, 3.8) is 0 Å². The molecule has 1 aliphatic heterocycles. The van der Waals surface area contributed by atoms with Gasteiger partial charge in [0.25, 0.3) is 0 Å². The lowest BCUT2D eigenvalue weighted by atomic mass is 10.1. The van der Waals surface area contributed by atoms with Crippen LogP contribution in [-0.2, 0) is 0 Å². The normalized spacial score (nSPS) is 17.3. The van der Waals surface area contributed by atoms with Gasteiger partial charge in [0.2, 0.25) is 0 Å². The average molecular weight is 232 g/mol. The summed E-state index contributed by atoms with van der Waals surface area (Å²) in [6.07, 6.45) is 8.17. The third-order valence-electron chi connectivity index (χ3n) is 3.24. The highest BCUT2D eigenvalue weighted by Crippen LogP contribution is 2.17. The number of nitrogens with two attached hydrogens (primary N) is 1. The molecule has 1 aromatic heterocycles. The maximum absolute atomic E-state index is 7.46. The van der Waals surface area contributed by atoms with E-state index >= 15 is 0 Å². The summed E-state index contributed by atoms with van der Waals surface area (Å²) in [5.74, 6) is 1.07. The van der Waals surface area contributed by atoms with E-state index in [1.165, 1.54) is 32.1 Å². The molecular weight excluding hydrogens is 212 g/mol. The van der Waals surface area contributed by atoms with Crippen molar-refractivity contribution < 1.29 is 0 Å². The van der Waals surface area contributed by atoms with E-state index in [1.807, 2.05) is 6.07 Å². The Hall–Kier alpha value is -1.58. The van der Waals surface area contributed by atoms with Crippen molar-refractivity contribution in [1.29, 1.82) is 5.41 Å². The number of nitrogens with zero attached hydrogens (tertiary/aromatic N) is 2. The van der Waals surface area contributed by atoms with E-state index in [1.54, 1.807) is 12.3 Å². The van der Waals surface area contributed by atoms with Crippen molar-refractivity contribution in [2.75, 3.05) is 18.0 Å². The molecule has 0 bridgehead atoms. The first-order valence-corrected chi connectivity index (χ1v) is 6.33. The summed E-state index contributed by atoms with van der Waals surface area (Å²) < 4.78 is 0. The molecule has 0 saturated carbocycles. The Morgan fingerprint density at radius 1 is 1.18 bits per heavy atom. The minimum atomic E-state index is 0.112. The zero-order chi connectivity index (χ0) is 12.1. The van der Waals surface area contributed by atoms with Crippen LogP contribution < -0.4 is 10.6 Å². The van der Waals surface area contributed by atoms with Crippen LogP contribution >= 0.6 is 0 Å². The molecule has 0 atom stereocenters. The van der Waals surface area contributed by atoms with Crippen LogP contribution in [0.25, 0.3) is 0 Å². The highest BCUT2D eigenvalue weighted by atomic mass is 15.2. The van der Waals surface area contributed by atoms with Crippen LogP contribution in [0.2, 0.25) is 0 Å². The maximum Gasteiger partial charge on any atom is 0.129 e. The fourth-order valence-electron chi connectivity index (χ4n) is 2.24. The second kappa shape index (κ2) is 5.66. The molecule has 1 saturated heterocycles. The summed E-state index contributed by atoms with van der Waals surface area (Å²) in [5, 5.41) is 7.46. The van der Waals surface area contributed by atoms with E-state index < -0.39 is 0 Å². The fourth-order valence-corrected chi connectivity index (χ4v) is 2.24. The predicted molar refractivity (Wildman–Crippen MR) is 70.6 cm³/mol. The van der Waals surface area contributed by atoms with Crippen molar-refractivity contribution in [2.24, 2.45) is 5.73 Å². The summed E-state index contributed by atoms with van der Waals surface area (Å²) >= 11 is 0. The molecule has 92 valence electrons. The minimum Gasteiger partial charge on any atom is -0.384 e. The summed E-state index contributed by atoms with van der Waals surface area (Å²) in [6.45, 7) is 2.13. The highest BCUT2D eigenvalue weighted by Gasteiger charge is 2.11. The minimum absolute atomic E-state index is 0.112. The second-order valence-electron chi connectivity index (χ2n) is 4.57. The quantitative estimate of drug-likeness (QED) is 0.606. The van der Waals surface area contributed by atoms with Gasteiger partial charge in [-0.3, -0.25) is 5.41 Å². The molecule has 2 rings (SSSR count). The molecule has 3 N–H and O–H groups in total. The van der Waals surface area contributed by atoms with Gasteiger partial charge >= 0.3 is 0 Å². The molecule has 0 radical (unpaired) electrons. The first kappa shape index (κ1) is 11.9. The summed E-state index contributed by atoms with van der Waals surface area (Å²) in [7, 11) is 0. The lowest BCUT2D eigenvalue weighted by Gasteiger charge is -2.26. The Kier molecular flexibility index (Phi) is 3.96. The molecule has 0 amide bonds. The molecule has 0 aromatic carbocycles.